The summed E-state index contributed by atoms with van der Waals surface area (Å²) in [6.45, 7) is 2.16. The molecule has 162 valence electrons. The molecule has 2 saturated heterocycles. The van der Waals surface area contributed by atoms with E-state index in [-0.39, 0.29) is 30.5 Å². The number of hydrogen-bond donors (Lipinski definition) is 0. The van der Waals surface area contributed by atoms with Gasteiger partial charge in [-0.1, -0.05) is 29.8 Å². The van der Waals surface area contributed by atoms with Gasteiger partial charge in [-0.25, -0.2) is 4.39 Å². The number of likely N-dealkylation sites (tertiary alicyclic amines) is 1. The van der Waals surface area contributed by atoms with Crippen LogP contribution < -0.4 is 4.90 Å². The molecule has 2 fully saturated rings. The molecule has 2 aliphatic rings. The average Bonchev–Trinajstić information content (AvgIpc) is 2.99. The maximum Gasteiger partial charge on any atom is 0.240 e. The van der Waals surface area contributed by atoms with Gasteiger partial charge in [0.25, 0.3) is 0 Å². The van der Waals surface area contributed by atoms with E-state index in [2.05, 4.69) is 4.90 Å². The van der Waals surface area contributed by atoms with Gasteiger partial charge in [0.15, 0.2) is 0 Å². The lowest BCUT2D eigenvalue weighted by atomic mass is 9.75. The summed E-state index contributed by atoms with van der Waals surface area (Å²) in [6.07, 6.45) is -0.185. The topological polar surface area (TPSA) is 60.9 Å². The zero-order chi connectivity index (χ0) is 22.2. The number of carbonyl (C=O) groups is 3. The number of benzene rings is 2. The zero-order valence-corrected chi connectivity index (χ0v) is 17.9. The van der Waals surface area contributed by atoms with Crippen LogP contribution in [0.4, 0.5) is 10.1 Å². The second kappa shape index (κ2) is 8.30. The quantitative estimate of drug-likeness (QED) is 0.682. The summed E-state index contributed by atoms with van der Waals surface area (Å²) in [7, 11) is 1.44. The summed E-state index contributed by atoms with van der Waals surface area (Å²) >= 11 is 6.38. The predicted molar refractivity (Wildman–Crippen MR) is 115 cm³/mol. The molecule has 2 aromatic carbocycles. The highest BCUT2D eigenvalue weighted by Crippen LogP contribution is 2.42. The van der Waals surface area contributed by atoms with E-state index in [1.807, 2.05) is 0 Å². The molecule has 0 aliphatic carbocycles. The van der Waals surface area contributed by atoms with Crippen molar-refractivity contribution in [2.75, 3.05) is 38.1 Å². The number of hydrogen-bond acceptors (Lipinski definition) is 4. The number of anilines is 1. The van der Waals surface area contributed by atoms with Crippen LogP contribution in [0.1, 0.15) is 18.4 Å². The third-order valence-corrected chi connectivity index (χ3v) is 6.54. The Bertz CT molecular complexity index is 1020. The number of imide groups is 1. The molecule has 0 spiro atoms. The second-order valence-corrected chi connectivity index (χ2v) is 8.42. The Morgan fingerprint density at radius 1 is 1.03 bits per heavy atom. The van der Waals surface area contributed by atoms with E-state index in [1.165, 1.54) is 19.2 Å². The number of rotatable bonds is 4. The van der Waals surface area contributed by atoms with Crippen LogP contribution in [-0.2, 0) is 19.8 Å². The fourth-order valence-corrected chi connectivity index (χ4v) is 4.73. The van der Waals surface area contributed by atoms with Crippen LogP contribution >= 0.6 is 11.6 Å². The number of amides is 3. The average molecular weight is 444 g/mol. The Morgan fingerprint density at radius 2 is 1.68 bits per heavy atom. The van der Waals surface area contributed by atoms with Crippen LogP contribution in [0, 0.1) is 5.82 Å². The lowest BCUT2D eigenvalue weighted by molar-refractivity contribution is -0.141. The number of likely N-dealkylation sites (N-methyl/N-ethyl adjacent to an activating group) is 1. The van der Waals surface area contributed by atoms with Crippen molar-refractivity contribution in [3.63, 3.8) is 0 Å². The standard InChI is InChI=1S/C23H23ClFN3O3/c1-26-20(29)14-23(22(26)31,18-4-2-3-5-19(18)24)15-21(30)28-12-10-27(11-13-28)17-8-6-16(25)7-9-17/h2-9H,10-15H2,1H3. The maximum atomic E-state index is 13.2. The Hall–Kier alpha value is -2.93. The summed E-state index contributed by atoms with van der Waals surface area (Å²) in [6, 6.07) is 13.2. The van der Waals surface area contributed by atoms with Crippen LogP contribution in [0.2, 0.25) is 5.02 Å². The van der Waals surface area contributed by atoms with E-state index in [0.29, 0.717) is 36.8 Å². The van der Waals surface area contributed by atoms with Crippen molar-refractivity contribution in [1.29, 1.82) is 0 Å². The molecular formula is C23H23ClFN3O3. The lowest BCUT2D eigenvalue weighted by Gasteiger charge is -2.37. The summed E-state index contributed by atoms with van der Waals surface area (Å²) in [5, 5.41) is 0.368. The zero-order valence-electron chi connectivity index (χ0n) is 17.2. The first kappa shape index (κ1) is 21.3. The van der Waals surface area contributed by atoms with Gasteiger partial charge in [-0.05, 0) is 35.9 Å². The Morgan fingerprint density at radius 3 is 2.26 bits per heavy atom. The fourth-order valence-electron chi connectivity index (χ4n) is 4.42. The molecule has 1 atom stereocenters. The summed E-state index contributed by atoms with van der Waals surface area (Å²) in [5.41, 5.74) is 0.131. The van der Waals surface area contributed by atoms with Gasteiger partial charge in [0.1, 0.15) is 5.82 Å². The van der Waals surface area contributed by atoms with Crippen LogP contribution in [0.3, 0.4) is 0 Å². The second-order valence-electron chi connectivity index (χ2n) is 8.02. The van der Waals surface area contributed by atoms with Gasteiger partial charge in [0.05, 0.1) is 5.41 Å². The third kappa shape index (κ3) is 3.90. The summed E-state index contributed by atoms with van der Waals surface area (Å²) in [5.74, 6) is -1.19. The van der Waals surface area contributed by atoms with Crippen molar-refractivity contribution in [2.45, 2.75) is 18.3 Å². The van der Waals surface area contributed by atoms with Crippen molar-refractivity contribution in [3.8, 4) is 0 Å². The van der Waals surface area contributed by atoms with Gasteiger partial charge in [-0.2, -0.15) is 0 Å². The number of piperazine rings is 1. The van der Waals surface area contributed by atoms with Crippen LogP contribution in [0.15, 0.2) is 48.5 Å². The van der Waals surface area contributed by atoms with E-state index in [0.717, 1.165) is 10.6 Å². The highest BCUT2D eigenvalue weighted by molar-refractivity contribution is 6.32. The number of nitrogens with zero attached hydrogens (tertiary/aromatic N) is 3. The first-order valence-corrected chi connectivity index (χ1v) is 10.5. The Balaban J connectivity index is 1.52. The minimum atomic E-state index is -1.28. The van der Waals surface area contributed by atoms with Gasteiger partial charge in [0, 0.05) is 56.8 Å². The first-order valence-electron chi connectivity index (χ1n) is 10.2. The molecule has 8 heteroatoms. The highest BCUT2D eigenvalue weighted by Gasteiger charge is 2.53. The molecule has 2 aliphatic heterocycles. The molecule has 0 aromatic heterocycles. The number of carbonyl (C=O) groups excluding carboxylic acids is 3. The van der Waals surface area contributed by atoms with E-state index in [4.69, 9.17) is 11.6 Å². The van der Waals surface area contributed by atoms with Crippen molar-refractivity contribution in [3.05, 3.63) is 64.9 Å². The van der Waals surface area contributed by atoms with E-state index in [1.54, 1.807) is 41.3 Å². The van der Waals surface area contributed by atoms with Gasteiger partial charge in [-0.3, -0.25) is 19.3 Å². The monoisotopic (exact) mass is 443 g/mol. The van der Waals surface area contributed by atoms with Crippen molar-refractivity contribution < 1.29 is 18.8 Å². The van der Waals surface area contributed by atoms with Crippen molar-refractivity contribution in [1.82, 2.24) is 9.80 Å². The fraction of sp³-hybridized carbons (Fsp3) is 0.348. The molecule has 1 unspecified atom stereocenters. The van der Waals surface area contributed by atoms with Crippen LogP contribution in [-0.4, -0.2) is 60.7 Å². The SMILES string of the molecule is CN1C(=O)CC(CC(=O)N2CCN(c3ccc(F)cc3)CC2)(c2ccccc2Cl)C1=O. The van der Waals surface area contributed by atoms with Gasteiger partial charge < -0.3 is 9.80 Å². The van der Waals surface area contributed by atoms with Crippen LogP contribution in [0.5, 0.6) is 0 Å². The molecule has 6 nitrogen and oxygen atoms in total. The number of halogens is 2. The Labute approximate surface area is 185 Å². The lowest BCUT2D eigenvalue weighted by Crippen LogP contribution is -2.51. The molecule has 4 rings (SSSR count). The molecule has 0 radical (unpaired) electrons. The molecule has 31 heavy (non-hydrogen) atoms. The molecule has 0 saturated carbocycles. The molecule has 0 N–H and O–H groups in total. The Kier molecular flexibility index (Phi) is 5.71. The maximum absolute atomic E-state index is 13.2. The summed E-state index contributed by atoms with van der Waals surface area (Å²) < 4.78 is 13.2. The van der Waals surface area contributed by atoms with E-state index in [9.17, 15) is 18.8 Å². The van der Waals surface area contributed by atoms with E-state index < -0.39 is 11.3 Å². The van der Waals surface area contributed by atoms with Crippen molar-refractivity contribution >= 4 is 35.0 Å². The smallest absolute Gasteiger partial charge is 0.240 e. The minimum absolute atomic E-state index is 0.0760. The normalized spacial score (nSPS) is 21.7. The van der Waals surface area contributed by atoms with Gasteiger partial charge in [-0.15, -0.1) is 0 Å². The summed E-state index contributed by atoms with van der Waals surface area (Å²) in [4.78, 5) is 43.6. The first-order chi connectivity index (χ1) is 14.8. The minimum Gasteiger partial charge on any atom is -0.368 e. The van der Waals surface area contributed by atoms with E-state index >= 15 is 0 Å². The van der Waals surface area contributed by atoms with Crippen LogP contribution in [0.25, 0.3) is 0 Å². The molecular weight excluding hydrogens is 421 g/mol. The van der Waals surface area contributed by atoms with Gasteiger partial charge in [0.2, 0.25) is 17.7 Å². The molecule has 3 amide bonds. The largest absolute Gasteiger partial charge is 0.368 e. The highest BCUT2D eigenvalue weighted by atomic mass is 35.5. The van der Waals surface area contributed by atoms with Gasteiger partial charge >= 0.3 is 0 Å². The predicted octanol–water partition coefficient (Wildman–Crippen LogP) is 2.84. The molecule has 2 heterocycles. The van der Waals surface area contributed by atoms with Crippen molar-refractivity contribution in [2.24, 2.45) is 0 Å². The molecule has 0 bridgehead atoms. The third-order valence-electron chi connectivity index (χ3n) is 6.21. The molecule has 2 aromatic rings.